The van der Waals surface area contributed by atoms with Crippen molar-refractivity contribution in [3.8, 4) is 0 Å². The predicted octanol–water partition coefficient (Wildman–Crippen LogP) is 0.988. The number of piperazine rings is 1. The summed E-state index contributed by atoms with van der Waals surface area (Å²) < 4.78 is 5.33. The Morgan fingerprint density at radius 3 is 2.47 bits per heavy atom. The maximum Gasteiger partial charge on any atom is 0.236 e. The van der Waals surface area contributed by atoms with Gasteiger partial charge in [-0.25, -0.2) is 0 Å². The summed E-state index contributed by atoms with van der Waals surface area (Å²) in [5.41, 5.74) is -0.120. The highest BCUT2D eigenvalue weighted by Gasteiger charge is 2.35. The normalized spacial score (nSPS) is 28.8. The molecule has 30 heavy (non-hydrogen) atoms. The number of morpholine rings is 1. The summed E-state index contributed by atoms with van der Waals surface area (Å²) in [7, 11) is 0. The average Bonchev–Trinajstić information content (AvgIpc) is 2.75. The number of hydrogen-bond donors (Lipinski definition) is 2. The minimum Gasteiger partial charge on any atom is -0.392 e. The van der Waals surface area contributed by atoms with Gasteiger partial charge >= 0.3 is 0 Å². The SMILES string of the molecule is CCNC(=NCC1(C)CCCCC1O)N1CCN(CC(=O)N2CCOCC2)CC1.I. The Bertz CT molecular complexity index is 565. The number of carbonyl (C=O) groups excluding carboxylic acids is 1. The first-order valence-electron chi connectivity index (χ1n) is 11.3. The van der Waals surface area contributed by atoms with Gasteiger partial charge in [-0.1, -0.05) is 19.8 Å². The van der Waals surface area contributed by atoms with Gasteiger partial charge < -0.3 is 25.0 Å². The number of amides is 1. The van der Waals surface area contributed by atoms with Crippen LogP contribution in [-0.2, 0) is 9.53 Å². The second-order valence-electron chi connectivity index (χ2n) is 8.84. The lowest BCUT2D eigenvalue weighted by Crippen LogP contribution is -2.55. The zero-order valence-electron chi connectivity index (χ0n) is 18.6. The molecule has 3 rings (SSSR count). The van der Waals surface area contributed by atoms with Crippen molar-refractivity contribution in [1.29, 1.82) is 0 Å². The molecule has 2 aliphatic heterocycles. The van der Waals surface area contributed by atoms with Crippen LogP contribution in [0.4, 0.5) is 0 Å². The van der Waals surface area contributed by atoms with Crippen LogP contribution in [-0.4, -0.2) is 110 Å². The standard InChI is InChI=1S/C21H39N5O3.HI/c1-3-22-20(23-17-21(2)7-5-4-6-18(21)27)26-10-8-24(9-11-26)16-19(28)25-12-14-29-15-13-25;/h18,27H,3-17H2,1-2H3,(H,22,23);1H. The zero-order valence-corrected chi connectivity index (χ0v) is 21.0. The van der Waals surface area contributed by atoms with E-state index in [1.54, 1.807) is 0 Å². The maximum absolute atomic E-state index is 12.5. The third-order valence-electron chi connectivity index (χ3n) is 6.60. The van der Waals surface area contributed by atoms with Gasteiger partial charge in [0.25, 0.3) is 0 Å². The van der Waals surface area contributed by atoms with Crippen molar-refractivity contribution in [2.75, 3.05) is 72.1 Å². The van der Waals surface area contributed by atoms with Gasteiger partial charge in [-0.2, -0.15) is 0 Å². The summed E-state index contributed by atoms with van der Waals surface area (Å²) in [6, 6.07) is 0. The Balaban J connectivity index is 0.00000320. The highest BCUT2D eigenvalue weighted by Crippen LogP contribution is 2.36. The summed E-state index contributed by atoms with van der Waals surface area (Å²) in [6.45, 7) is 12.4. The molecule has 2 N–H and O–H groups in total. The minimum absolute atomic E-state index is 0. The van der Waals surface area contributed by atoms with E-state index in [9.17, 15) is 9.90 Å². The summed E-state index contributed by atoms with van der Waals surface area (Å²) in [5.74, 6) is 1.15. The lowest BCUT2D eigenvalue weighted by atomic mass is 9.73. The van der Waals surface area contributed by atoms with Crippen LogP contribution in [0.1, 0.15) is 39.5 Å². The molecule has 0 aromatic carbocycles. The molecule has 0 aromatic rings. The minimum atomic E-state index is -0.258. The Morgan fingerprint density at radius 1 is 1.13 bits per heavy atom. The van der Waals surface area contributed by atoms with Gasteiger partial charge in [0.1, 0.15) is 0 Å². The predicted molar refractivity (Wildman–Crippen MR) is 129 cm³/mol. The fourth-order valence-corrected chi connectivity index (χ4v) is 4.47. The van der Waals surface area contributed by atoms with Gasteiger partial charge in [0.15, 0.2) is 5.96 Å². The number of hydrogen-bond acceptors (Lipinski definition) is 5. The van der Waals surface area contributed by atoms with E-state index in [0.717, 1.165) is 57.9 Å². The van der Waals surface area contributed by atoms with Gasteiger partial charge in [0.05, 0.1) is 32.4 Å². The molecule has 2 heterocycles. The third kappa shape index (κ3) is 6.93. The van der Waals surface area contributed by atoms with E-state index in [0.29, 0.717) is 39.4 Å². The Hall–Kier alpha value is -0.650. The van der Waals surface area contributed by atoms with Gasteiger partial charge in [-0.15, -0.1) is 24.0 Å². The van der Waals surface area contributed by atoms with Gasteiger partial charge in [-0.05, 0) is 19.8 Å². The third-order valence-corrected chi connectivity index (χ3v) is 6.60. The number of aliphatic imine (C=N–C) groups is 1. The quantitative estimate of drug-likeness (QED) is 0.310. The molecule has 0 bridgehead atoms. The highest BCUT2D eigenvalue weighted by atomic mass is 127. The molecule has 1 saturated carbocycles. The molecule has 0 radical (unpaired) electrons. The summed E-state index contributed by atoms with van der Waals surface area (Å²) in [5, 5.41) is 13.9. The molecule has 3 fully saturated rings. The first kappa shape index (κ1) is 25.6. The first-order valence-corrected chi connectivity index (χ1v) is 11.3. The van der Waals surface area contributed by atoms with E-state index >= 15 is 0 Å². The summed E-state index contributed by atoms with van der Waals surface area (Å²) in [4.78, 5) is 23.8. The highest BCUT2D eigenvalue weighted by molar-refractivity contribution is 14.0. The van der Waals surface area contributed by atoms with E-state index in [1.807, 2.05) is 4.90 Å². The Morgan fingerprint density at radius 2 is 1.83 bits per heavy atom. The number of carbonyl (C=O) groups is 1. The number of guanidine groups is 1. The van der Waals surface area contributed by atoms with Crippen molar-refractivity contribution in [2.24, 2.45) is 10.4 Å². The van der Waals surface area contributed by atoms with Crippen molar-refractivity contribution in [3.05, 3.63) is 0 Å². The number of ether oxygens (including phenoxy) is 1. The Kier molecular flexibility index (Phi) is 10.6. The molecule has 1 aliphatic carbocycles. The number of halogens is 1. The lowest BCUT2D eigenvalue weighted by molar-refractivity contribution is -0.136. The van der Waals surface area contributed by atoms with Crippen molar-refractivity contribution >= 4 is 35.8 Å². The molecule has 2 saturated heterocycles. The number of nitrogens with zero attached hydrogens (tertiary/aromatic N) is 4. The van der Waals surface area contributed by atoms with Crippen LogP contribution < -0.4 is 5.32 Å². The number of aliphatic hydroxyl groups excluding tert-OH is 1. The molecule has 9 heteroatoms. The van der Waals surface area contributed by atoms with Crippen LogP contribution in [0.15, 0.2) is 4.99 Å². The topological polar surface area (TPSA) is 80.6 Å². The van der Waals surface area contributed by atoms with Crippen molar-refractivity contribution in [1.82, 2.24) is 20.0 Å². The fraction of sp³-hybridized carbons (Fsp3) is 0.905. The van der Waals surface area contributed by atoms with Crippen LogP contribution in [0.3, 0.4) is 0 Å². The Labute approximate surface area is 198 Å². The fourth-order valence-electron chi connectivity index (χ4n) is 4.47. The van der Waals surface area contributed by atoms with Gasteiger partial charge in [0.2, 0.25) is 5.91 Å². The molecule has 3 aliphatic rings. The van der Waals surface area contributed by atoms with Crippen LogP contribution in [0.25, 0.3) is 0 Å². The lowest BCUT2D eigenvalue weighted by Gasteiger charge is -2.39. The average molecular weight is 537 g/mol. The monoisotopic (exact) mass is 537 g/mol. The van der Waals surface area contributed by atoms with E-state index in [2.05, 4.69) is 29.0 Å². The maximum atomic E-state index is 12.5. The van der Waals surface area contributed by atoms with Crippen molar-refractivity contribution < 1.29 is 14.6 Å². The summed E-state index contributed by atoms with van der Waals surface area (Å²) in [6.07, 6.45) is 3.96. The largest absolute Gasteiger partial charge is 0.392 e. The van der Waals surface area contributed by atoms with Gasteiger partial charge in [0, 0.05) is 51.2 Å². The number of rotatable bonds is 5. The van der Waals surface area contributed by atoms with Gasteiger partial charge in [-0.3, -0.25) is 14.7 Å². The van der Waals surface area contributed by atoms with E-state index < -0.39 is 0 Å². The molecular formula is C21H40IN5O3. The first-order chi connectivity index (χ1) is 14.0. The van der Waals surface area contributed by atoms with Crippen LogP contribution in [0, 0.1) is 5.41 Å². The van der Waals surface area contributed by atoms with Crippen molar-refractivity contribution in [3.63, 3.8) is 0 Å². The van der Waals surface area contributed by atoms with E-state index in [4.69, 9.17) is 9.73 Å². The van der Waals surface area contributed by atoms with Crippen LogP contribution >= 0.6 is 24.0 Å². The molecular weight excluding hydrogens is 497 g/mol. The number of nitrogens with one attached hydrogen (secondary N) is 1. The van der Waals surface area contributed by atoms with E-state index in [1.165, 1.54) is 6.42 Å². The van der Waals surface area contributed by atoms with E-state index in [-0.39, 0.29) is 41.4 Å². The molecule has 2 unspecified atom stereocenters. The van der Waals surface area contributed by atoms with Crippen LogP contribution in [0.2, 0.25) is 0 Å². The molecule has 0 spiro atoms. The van der Waals surface area contributed by atoms with Crippen molar-refractivity contribution in [2.45, 2.75) is 45.6 Å². The number of aliphatic hydroxyl groups is 1. The second kappa shape index (κ2) is 12.4. The molecule has 0 aromatic heterocycles. The molecule has 1 amide bonds. The smallest absolute Gasteiger partial charge is 0.236 e. The molecule has 2 atom stereocenters. The zero-order chi connectivity index (χ0) is 20.7. The molecule has 8 nitrogen and oxygen atoms in total. The molecule has 174 valence electrons. The second-order valence-corrected chi connectivity index (χ2v) is 8.84. The summed E-state index contributed by atoms with van der Waals surface area (Å²) >= 11 is 0. The van der Waals surface area contributed by atoms with Crippen LogP contribution in [0.5, 0.6) is 0 Å².